The average Bonchev–Trinajstić information content (AvgIpc) is 3.05. The summed E-state index contributed by atoms with van der Waals surface area (Å²) in [6, 6.07) is 8.38. The molecule has 1 aromatic heterocycles. The Balaban J connectivity index is 1.73. The Morgan fingerprint density at radius 3 is 3.12 bits per heavy atom. The molecule has 5 nitrogen and oxygen atoms in total. The molecule has 0 spiro atoms. The average molecular weight is 342 g/mol. The van der Waals surface area contributed by atoms with E-state index in [2.05, 4.69) is 35.0 Å². The van der Waals surface area contributed by atoms with Crippen molar-refractivity contribution in [3.63, 3.8) is 0 Å². The molecule has 1 atom stereocenters. The van der Waals surface area contributed by atoms with Crippen LogP contribution in [0.2, 0.25) is 0 Å². The third-order valence-electron chi connectivity index (χ3n) is 4.71. The number of unbranched alkanes of at least 4 members (excludes halogenated alkanes) is 1. The predicted octanol–water partition coefficient (Wildman–Crippen LogP) is 3.51. The first kappa shape index (κ1) is 17.7. The maximum Gasteiger partial charge on any atom is 0.304 e. The maximum atomic E-state index is 10.7. The minimum absolute atomic E-state index is 0.0976. The zero-order valence-corrected chi connectivity index (χ0v) is 14.8. The van der Waals surface area contributed by atoms with E-state index < -0.39 is 5.97 Å². The highest BCUT2D eigenvalue weighted by Gasteiger charge is 2.25. The van der Waals surface area contributed by atoms with Crippen LogP contribution < -0.4 is 4.74 Å². The van der Waals surface area contributed by atoms with Crippen LogP contribution in [0.25, 0.3) is 10.9 Å². The molecule has 134 valence electrons. The van der Waals surface area contributed by atoms with Crippen molar-refractivity contribution >= 4 is 16.9 Å². The summed E-state index contributed by atoms with van der Waals surface area (Å²) in [6.45, 7) is 4.45. The zero-order valence-electron chi connectivity index (χ0n) is 14.8. The minimum atomic E-state index is -0.747. The number of rotatable bonds is 8. The molecule has 1 fully saturated rings. The van der Waals surface area contributed by atoms with E-state index in [1.807, 2.05) is 6.07 Å². The molecule has 1 saturated heterocycles. The van der Waals surface area contributed by atoms with Crippen LogP contribution in [0.5, 0.6) is 5.75 Å². The van der Waals surface area contributed by atoms with Crippen LogP contribution >= 0.6 is 0 Å². The summed E-state index contributed by atoms with van der Waals surface area (Å²) in [5, 5.41) is 9.95. The van der Waals surface area contributed by atoms with E-state index in [0.717, 1.165) is 49.0 Å². The van der Waals surface area contributed by atoms with Crippen molar-refractivity contribution in [2.45, 2.75) is 45.1 Å². The van der Waals surface area contributed by atoms with Crippen LogP contribution in [0.3, 0.4) is 0 Å². The van der Waals surface area contributed by atoms with Crippen molar-refractivity contribution in [1.29, 1.82) is 0 Å². The van der Waals surface area contributed by atoms with Gasteiger partial charge in [0.2, 0.25) is 0 Å². The Bertz CT molecular complexity index is 732. The molecule has 1 aliphatic heterocycles. The third kappa shape index (κ3) is 4.69. The van der Waals surface area contributed by atoms with Crippen LogP contribution in [0, 0.1) is 0 Å². The largest absolute Gasteiger partial charge is 0.487 e. The summed E-state index contributed by atoms with van der Waals surface area (Å²) in [5.74, 6) is 0.109. The summed E-state index contributed by atoms with van der Waals surface area (Å²) in [7, 11) is 0. The van der Waals surface area contributed by atoms with Crippen molar-refractivity contribution in [2.24, 2.45) is 0 Å². The first-order valence-corrected chi connectivity index (χ1v) is 9.14. The monoisotopic (exact) mass is 342 g/mol. The number of ether oxygens (including phenoxy) is 1. The molecule has 2 heterocycles. The number of pyridine rings is 1. The number of aromatic nitrogens is 1. The summed E-state index contributed by atoms with van der Waals surface area (Å²) < 4.78 is 6.29. The quantitative estimate of drug-likeness (QED) is 0.795. The van der Waals surface area contributed by atoms with Crippen LogP contribution in [-0.2, 0) is 11.2 Å². The SMILES string of the molecule is CCCCc1cc(O[C@H]2CCN(CCC(=O)O)C2)c2ncccc2c1. The van der Waals surface area contributed by atoms with E-state index in [4.69, 9.17) is 9.84 Å². The molecule has 0 amide bonds. The predicted molar refractivity (Wildman–Crippen MR) is 98.1 cm³/mol. The Kier molecular flexibility index (Phi) is 5.87. The normalized spacial score (nSPS) is 17.9. The van der Waals surface area contributed by atoms with Gasteiger partial charge in [-0.1, -0.05) is 19.4 Å². The molecule has 1 N–H and O–H groups in total. The maximum absolute atomic E-state index is 10.7. The number of hydrogen-bond acceptors (Lipinski definition) is 4. The molecule has 1 aromatic carbocycles. The van der Waals surface area contributed by atoms with Gasteiger partial charge in [-0.25, -0.2) is 0 Å². The molecule has 0 radical (unpaired) electrons. The zero-order chi connectivity index (χ0) is 17.6. The van der Waals surface area contributed by atoms with Gasteiger partial charge >= 0.3 is 5.97 Å². The van der Waals surface area contributed by atoms with Gasteiger partial charge in [0, 0.05) is 31.2 Å². The first-order chi connectivity index (χ1) is 12.2. The molecular weight excluding hydrogens is 316 g/mol. The number of hydrogen-bond donors (Lipinski definition) is 1. The fourth-order valence-corrected chi connectivity index (χ4v) is 3.36. The molecule has 25 heavy (non-hydrogen) atoms. The van der Waals surface area contributed by atoms with Crippen LogP contribution in [0.15, 0.2) is 30.5 Å². The Morgan fingerprint density at radius 1 is 1.44 bits per heavy atom. The van der Waals surface area contributed by atoms with Gasteiger partial charge in [0.25, 0.3) is 0 Å². The number of aliphatic carboxylic acids is 1. The van der Waals surface area contributed by atoms with E-state index in [-0.39, 0.29) is 12.5 Å². The van der Waals surface area contributed by atoms with Gasteiger partial charge in [0.15, 0.2) is 0 Å². The van der Waals surface area contributed by atoms with Crippen molar-refractivity contribution in [1.82, 2.24) is 9.88 Å². The highest BCUT2D eigenvalue weighted by Crippen LogP contribution is 2.29. The first-order valence-electron chi connectivity index (χ1n) is 9.14. The number of carbonyl (C=O) groups is 1. The Hall–Kier alpha value is -2.14. The van der Waals surface area contributed by atoms with Gasteiger partial charge < -0.3 is 9.84 Å². The lowest BCUT2D eigenvalue weighted by Crippen LogP contribution is -2.27. The second-order valence-electron chi connectivity index (χ2n) is 6.75. The number of carboxylic acid groups (broad SMARTS) is 1. The Labute approximate surface area is 148 Å². The third-order valence-corrected chi connectivity index (χ3v) is 4.71. The molecule has 0 saturated carbocycles. The number of likely N-dealkylation sites (tertiary alicyclic amines) is 1. The molecule has 2 aromatic rings. The van der Waals surface area contributed by atoms with Crippen molar-refractivity contribution < 1.29 is 14.6 Å². The second-order valence-corrected chi connectivity index (χ2v) is 6.75. The van der Waals surface area contributed by atoms with E-state index in [1.165, 1.54) is 12.0 Å². The highest BCUT2D eigenvalue weighted by atomic mass is 16.5. The Morgan fingerprint density at radius 2 is 2.32 bits per heavy atom. The standard InChI is InChI=1S/C20H26N2O3/c1-2-3-5-15-12-16-6-4-9-21-20(16)18(13-15)25-17-7-10-22(14-17)11-8-19(23)24/h4,6,9,12-13,17H,2-3,5,7-8,10-11,14H2,1H3,(H,23,24)/t17-/m0/s1. The summed E-state index contributed by atoms with van der Waals surface area (Å²) in [5.41, 5.74) is 2.20. The number of carboxylic acids is 1. The van der Waals surface area contributed by atoms with Gasteiger partial charge in [-0.3, -0.25) is 14.7 Å². The van der Waals surface area contributed by atoms with E-state index in [9.17, 15) is 4.79 Å². The molecule has 5 heteroatoms. The number of nitrogens with zero attached hydrogens (tertiary/aromatic N) is 2. The number of benzene rings is 1. The molecule has 0 bridgehead atoms. The van der Waals surface area contributed by atoms with Crippen molar-refractivity contribution in [3.05, 3.63) is 36.0 Å². The topological polar surface area (TPSA) is 62.7 Å². The lowest BCUT2D eigenvalue weighted by atomic mass is 10.0. The lowest BCUT2D eigenvalue weighted by Gasteiger charge is -2.17. The van der Waals surface area contributed by atoms with E-state index in [0.29, 0.717) is 6.54 Å². The fraction of sp³-hybridized carbons (Fsp3) is 0.500. The fourth-order valence-electron chi connectivity index (χ4n) is 3.36. The smallest absolute Gasteiger partial charge is 0.304 e. The van der Waals surface area contributed by atoms with Gasteiger partial charge in [-0.2, -0.15) is 0 Å². The molecular formula is C20H26N2O3. The number of aryl methyl sites for hydroxylation is 1. The molecule has 3 rings (SSSR count). The van der Waals surface area contributed by atoms with Crippen LogP contribution in [0.4, 0.5) is 0 Å². The lowest BCUT2D eigenvalue weighted by molar-refractivity contribution is -0.137. The van der Waals surface area contributed by atoms with Gasteiger partial charge in [-0.05, 0) is 43.0 Å². The van der Waals surface area contributed by atoms with Crippen LogP contribution in [0.1, 0.15) is 38.2 Å². The minimum Gasteiger partial charge on any atom is -0.487 e. The summed E-state index contributed by atoms with van der Waals surface area (Å²) in [6.07, 6.45) is 6.39. The summed E-state index contributed by atoms with van der Waals surface area (Å²) >= 11 is 0. The van der Waals surface area contributed by atoms with Gasteiger partial charge in [0.1, 0.15) is 17.4 Å². The van der Waals surface area contributed by atoms with Crippen molar-refractivity contribution in [3.8, 4) is 5.75 Å². The molecule has 0 aliphatic carbocycles. The van der Waals surface area contributed by atoms with Gasteiger partial charge in [0.05, 0.1) is 6.42 Å². The van der Waals surface area contributed by atoms with Crippen molar-refractivity contribution in [2.75, 3.05) is 19.6 Å². The van der Waals surface area contributed by atoms with E-state index >= 15 is 0 Å². The second kappa shape index (κ2) is 8.30. The highest BCUT2D eigenvalue weighted by molar-refractivity contribution is 5.85. The van der Waals surface area contributed by atoms with Crippen LogP contribution in [-0.4, -0.2) is 46.7 Å². The summed E-state index contributed by atoms with van der Waals surface area (Å²) in [4.78, 5) is 17.4. The van der Waals surface area contributed by atoms with E-state index in [1.54, 1.807) is 6.20 Å². The molecule has 1 aliphatic rings. The number of fused-ring (bicyclic) bond motifs is 1. The van der Waals surface area contributed by atoms with Gasteiger partial charge in [-0.15, -0.1) is 0 Å². The molecule has 0 unspecified atom stereocenters.